The Morgan fingerprint density at radius 3 is 2.47 bits per heavy atom. The Kier molecular flexibility index (Phi) is 5.21. The molecule has 1 aliphatic heterocycles. The van der Waals surface area contributed by atoms with Crippen molar-refractivity contribution in [2.24, 2.45) is 17.2 Å². The van der Waals surface area contributed by atoms with E-state index >= 15 is 0 Å². The van der Waals surface area contributed by atoms with Crippen molar-refractivity contribution in [3.63, 3.8) is 0 Å². The molecule has 1 aliphatic rings. The summed E-state index contributed by atoms with van der Waals surface area (Å²) in [5, 5.41) is 0. The number of piperidine rings is 1. The summed E-state index contributed by atoms with van der Waals surface area (Å²) < 4.78 is 5.43. The monoisotopic (exact) mass is 272 g/mol. The topological polar surface area (TPSA) is 64.8 Å². The van der Waals surface area contributed by atoms with Crippen LogP contribution in [0.2, 0.25) is 0 Å². The van der Waals surface area contributed by atoms with E-state index in [9.17, 15) is 4.79 Å². The molecular weight excluding hydrogens is 244 g/mol. The number of carbonyl (C=O) groups is 1. The van der Waals surface area contributed by atoms with Gasteiger partial charge in [0.25, 0.3) is 0 Å². The molecule has 0 spiro atoms. The van der Waals surface area contributed by atoms with Crippen molar-refractivity contribution in [2.45, 2.75) is 53.1 Å². The first kappa shape index (κ1) is 16.2. The van der Waals surface area contributed by atoms with E-state index in [2.05, 4.69) is 13.8 Å². The fraction of sp³-hybridized carbons (Fsp3) is 0.929. The molecule has 5 heteroatoms. The quantitative estimate of drug-likeness (QED) is 0.802. The fourth-order valence-corrected chi connectivity index (χ4v) is 2.44. The largest absolute Gasteiger partial charge is 0.444 e. The molecule has 1 atom stereocenters. The molecule has 1 unspecified atom stereocenters. The highest BCUT2D eigenvalue weighted by Gasteiger charge is 2.36. The van der Waals surface area contributed by atoms with E-state index in [0.29, 0.717) is 19.1 Å². The van der Waals surface area contributed by atoms with E-state index in [-0.39, 0.29) is 11.5 Å². The summed E-state index contributed by atoms with van der Waals surface area (Å²) in [5.41, 5.74) is -0.477. The maximum Gasteiger partial charge on any atom is 0.410 e. The van der Waals surface area contributed by atoms with Gasteiger partial charge in [-0.15, -0.1) is 0 Å². The van der Waals surface area contributed by atoms with Gasteiger partial charge in [0.15, 0.2) is 0 Å². The highest BCUT2D eigenvalue weighted by molar-refractivity contribution is 5.68. The molecule has 0 aromatic heterocycles. The van der Waals surface area contributed by atoms with Crippen LogP contribution in [0.4, 0.5) is 4.79 Å². The maximum absolute atomic E-state index is 12.1. The molecular formula is C14H28N2O3. The van der Waals surface area contributed by atoms with Crippen molar-refractivity contribution in [3.8, 4) is 0 Å². The van der Waals surface area contributed by atoms with Crippen LogP contribution in [0.15, 0.2) is 0 Å². The van der Waals surface area contributed by atoms with E-state index in [1.807, 2.05) is 20.8 Å². The molecule has 0 aliphatic carbocycles. The Labute approximate surface area is 116 Å². The lowest BCUT2D eigenvalue weighted by molar-refractivity contribution is -0.0153. The van der Waals surface area contributed by atoms with Gasteiger partial charge < -0.3 is 14.5 Å². The number of rotatable bonds is 3. The van der Waals surface area contributed by atoms with Gasteiger partial charge in [0.05, 0.1) is 6.61 Å². The van der Waals surface area contributed by atoms with Gasteiger partial charge in [0, 0.05) is 13.1 Å². The number of carbonyl (C=O) groups excluding carboxylic acids is 1. The third-order valence-electron chi connectivity index (χ3n) is 3.63. The summed E-state index contributed by atoms with van der Waals surface area (Å²) in [6.45, 7) is 11.9. The van der Waals surface area contributed by atoms with Crippen LogP contribution in [0.5, 0.6) is 0 Å². The fourth-order valence-electron chi connectivity index (χ4n) is 2.44. The van der Waals surface area contributed by atoms with Crippen LogP contribution in [0.1, 0.15) is 47.5 Å². The summed E-state index contributed by atoms with van der Waals surface area (Å²) in [5.74, 6) is 5.58. The number of hydrogen-bond donors (Lipinski definition) is 1. The van der Waals surface area contributed by atoms with Gasteiger partial charge >= 0.3 is 6.09 Å². The van der Waals surface area contributed by atoms with Crippen molar-refractivity contribution >= 4 is 6.09 Å². The van der Waals surface area contributed by atoms with Crippen molar-refractivity contribution in [2.75, 3.05) is 19.7 Å². The van der Waals surface area contributed by atoms with Crippen LogP contribution in [0.25, 0.3) is 0 Å². The van der Waals surface area contributed by atoms with Gasteiger partial charge in [-0.2, -0.15) is 0 Å². The van der Waals surface area contributed by atoms with E-state index in [1.165, 1.54) is 0 Å². The van der Waals surface area contributed by atoms with Crippen molar-refractivity contribution in [3.05, 3.63) is 0 Å². The number of nitrogens with two attached hydrogens (primary N) is 1. The van der Waals surface area contributed by atoms with Crippen molar-refractivity contribution in [1.29, 1.82) is 0 Å². The molecule has 1 fully saturated rings. The van der Waals surface area contributed by atoms with Crippen LogP contribution in [-0.4, -0.2) is 36.3 Å². The standard InChI is InChI=1S/C14H28N2O3/c1-13(2,3)19-12(17)16-8-6-7-11(9-16)14(4,5)10-18-15/h11H,6-10,15H2,1-5H3. The zero-order valence-electron chi connectivity index (χ0n) is 12.9. The molecule has 0 aromatic carbocycles. The summed E-state index contributed by atoms with van der Waals surface area (Å²) in [6, 6.07) is 0. The van der Waals surface area contributed by atoms with E-state index in [4.69, 9.17) is 15.5 Å². The normalized spacial score (nSPS) is 21.4. The molecule has 1 saturated heterocycles. The minimum atomic E-state index is -0.445. The molecule has 1 rings (SSSR count). The molecule has 112 valence electrons. The molecule has 1 heterocycles. The molecule has 0 bridgehead atoms. The van der Waals surface area contributed by atoms with Crippen LogP contribution >= 0.6 is 0 Å². The van der Waals surface area contributed by atoms with Crippen LogP contribution < -0.4 is 5.90 Å². The average Bonchev–Trinajstić information content (AvgIpc) is 2.27. The third kappa shape index (κ3) is 4.99. The van der Waals surface area contributed by atoms with Gasteiger partial charge in [-0.1, -0.05) is 13.8 Å². The molecule has 0 aromatic rings. The van der Waals surface area contributed by atoms with Gasteiger partial charge in [-0.3, -0.25) is 0 Å². The Balaban J connectivity index is 2.62. The van der Waals surface area contributed by atoms with Gasteiger partial charge in [-0.25, -0.2) is 10.7 Å². The first-order chi connectivity index (χ1) is 8.65. The molecule has 1 amide bonds. The predicted octanol–water partition coefficient (Wildman–Crippen LogP) is 2.55. The first-order valence-electron chi connectivity index (χ1n) is 6.95. The zero-order valence-corrected chi connectivity index (χ0v) is 12.9. The molecule has 19 heavy (non-hydrogen) atoms. The maximum atomic E-state index is 12.1. The van der Waals surface area contributed by atoms with E-state index < -0.39 is 5.60 Å². The summed E-state index contributed by atoms with van der Waals surface area (Å²) in [4.78, 5) is 18.7. The Morgan fingerprint density at radius 1 is 1.32 bits per heavy atom. The number of amides is 1. The van der Waals surface area contributed by atoms with Crippen molar-refractivity contribution in [1.82, 2.24) is 4.90 Å². The highest BCUT2D eigenvalue weighted by Crippen LogP contribution is 2.34. The smallest absolute Gasteiger partial charge is 0.410 e. The van der Waals surface area contributed by atoms with Crippen molar-refractivity contribution < 1.29 is 14.4 Å². The summed E-state index contributed by atoms with van der Waals surface area (Å²) in [7, 11) is 0. The molecule has 0 saturated carbocycles. The van der Waals surface area contributed by atoms with Crippen LogP contribution in [0, 0.1) is 11.3 Å². The van der Waals surface area contributed by atoms with Gasteiger partial charge in [0.2, 0.25) is 0 Å². The first-order valence-corrected chi connectivity index (χ1v) is 6.95. The van der Waals surface area contributed by atoms with E-state index in [0.717, 1.165) is 19.4 Å². The highest BCUT2D eigenvalue weighted by atomic mass is 16.6. The molecule has 5 nitrogen and oxygen atoms in total. The predicted molar refractivity (Wildman–Crippen MR) is 74.5 cm³/mol. The second-order valence-electron chi connectivity index (χ2n) is 7.07. The number of nitrogens with zero attached hydrogens (tertiary/aromatic N) is 1. The Bertz CT molecular complexity index is 310. The lowest BCUT2D eigenvalue weighted by Crippen LogP contribution is -2.47. The molecule has 0 radical (unpaired) electrons. The second kappa shape index (κ2) is 6.09. The SMILES string of the molecule is CC(C)(C)OC(=O)N1CCCC(C(C)(C)CON)C1. The Morgan fingerprint density at radius 2 is 1.95 bits per heavy atom. The lowest BCUT2D eigenvalue weighted by Gasteiger charge is -2.41. The van der Waals surface area contributed by atoms with Crippen LogP contribution in [0.3, 0.4) is 0 Å². The number of likely N-dealkylation sites (tertiary alicyclic amines) is 1. The third-order valence-corrected chi connectivity index (χ3v) is 3.63. The second-order valence-corrected chi connectivity index (χ2v) is 7.07. The number of hydrogen-bond acceptors (Lipinski definition) is 4. The van der Waals surface area contributed by atoms with Gasteiger partial charge in [0.1, 0.15) is 5.60 Å². The van der Waals surface area contributed by atoms with Gasteiger partial charge in [-0.05, 0) is 44.9 Å². The summed E-state index contributed by atoms with van der Waals surface area (Å²) in [6.07, 6.45) is 1.87. The lowest BCUT2D eigenvalue weighted by atomic mass is 9.75. The minimum Gasteiger partial charge on any atom is -0.444 e. The van der Waals surface area contributed by atoms with Crippen LogP contribution in [-0.2, 0) is 9.57 Å². The zero-order chi connectivity index (χ0) is 14.7. The summed E-state index contributed by atoms with van der Waals surface area (Å²) >= 11 is 0. The number of ether oxygens (including phenoxy) is 1. The van der Waals surface area contributed by atoms with E-state index in [1.54, 1.807) is 4.90 Å². The average molecular weight is 272 g/mol. The minimum absolute atomic E-state index is 0.0323. The Hall–Kier alpha value is -0.810. The molecule has 2 N–H and O–H groups in total.